The third kappa shape index (κ3) is 2.16. The van der Waals surface area contributed by atoms with Gasteiger partial charge in [0.05, 0.1) is 17.0 Å². The molecule has 0 fully saturated rings. The molecule has 3 rings (SSSR count). The number of furan rings is 1. The van der Waals surface area contributed by atoms with Crippen molar-refractivity contribution in [2.45, 2.75) is 13.8 Å². The van der Waals surface area contributed by atoms with E-state index in [9.17, 15) is 4.79 Å². The van der Waals surface area contributed by atoms with Crippen molar-refractivity contribution in [3.8, 4) is 0 Å². The lowest BCUT2D eigenvalue weighted by Gasteiger charge is -2.10. The average Bonchev–Trinajstić information content (AvgIpc) is 2.98. The van der Waals surface area contributed by atoms with Gasteiger partial charge in [0.2, 0.25) is 0 Å². The number of hydrogen-bond acceptors (Lipinski definition) is 3. The van der Waals surface area contributed by atoms with Gasteiger partial charge in [0, 0.05) is 0 Å². The van der Waals surface area contributed by atoms with Crippen LogP contribution in [0.25, 0.3) is 6.08 Å². The van der Waals surface area contributed by atoms with E-state index < -0.39 is 0 Å². The van der Waals surface area contributed by atoms with Gasteiger partial charge in [-0.3, -0.25) is 4.79 Å². The third-order valence-corrected chi connectivity index (χ3v) is 3.11. The molecule has 20 heavy (non-hydrogen) atoms. The Balaban J connectivity index is 1.95. The summed E-state index contributed by atoms with van der Waals surface area (Å²) < 4.78 is 5.48. The van der Waals surface area contributed by atoms with E-state index in [4.69, 9.17) is 4.42 Å². The van der Waals surface area contributed by atoms with Crippen LogP contribution in [-0.4, -0.2) is 11.6 Å². The van der Waals surface area contributed by atoms with E-state index in [1.165, 1.54) is 5.01 Å². The van der Waals surface area contributed by atoms with E-state index in [1.807, 2.05) is 56.3 Å². The summed E-state index contributed by atoms with van der Waals surface area (Å²) >= 11 is 0. The lowest BCUT2D eigenvalue weighted by atomic mass is 10.1. The quantitative estimate of drug-likeness (QED) is 0.782. The summed E-state index contributed by atoms with van der Waals surface area (Å²) in [6, 6.07) is 13.1. The van der Waals surface area contributed by atoms with Gasteiger partial charge in [0.25, 0.3) is 5.91 Å². The fraction of sp³-hybridized carbons (Fsp3) is 0.125. The van der Waals surface area contributed by atoms with Crippen LogP contribution in [0.2, 0.25) is 0 Å². The molecule has 0 bridgehead atoms. The molecule has 0 spiro atoms. The summed E-state index contributed by atoms with van der Waals surface area (Å²) in [7, 11) is 0. The Bertz CT molecular complexity index is 711. The maximum Gasteiger partial charge on any atom is 0.280 e. The zero-order valence-electron chi connectivity index (χ0n) is 11.3. The second-order valence-electron chi connectivity index (χ2n) is 4.64. The molecule has 0 atom stereocenters. The minimum absolute atomic E-state index is 0.136. The lowest BCUT2D eigenvalue weighted by molar-refractivity contribution is -0.114. The van der Waals surface area contributed by atoms with Crippen LogP contribution in [0.1, 0.15) is 18.4 Å². The maximum atomic E-state index is 12.4. The summed E-state index contributed by atoms with van der Waals surface area (Å²) in [6.07, 6.45) is 1.73. The highest BCUT2D eigenvalue weighted by molar-refractivity contribution is 6.32. The van der Waals surface area contributed by atoms with Gasteiger partial charge in [-0.25, -0.2) is 0 Å². The standard InChI is InChI=1S/C16H14N2O2/c1-11-8-9-14(20-11)10-15-12(2)17-18(16(15)19)13-6-4-3-5-7-13/h3-10H,1-2H3/b15-10+. The number of carbonyl (C=O) groups is 1. The van der Waals surface area contributed by atoms with Crippen molar-refractivity contribution in [1.29, 1.82) is 0 Å². The van der Waals surface area contributed by atoms with Crippen molar-refractivity contribution in [1.82, 2.24) is 0 Å². The molecule has 0 N–H and O–H groups in total. The molecule has 0 radical (unpaired) electrons. The van der Waals surface area contributed by atoms with Gasteiger partial charge in [0.1, 0.15) is 11.5 Å². The predicted molar refractivity (Wildman–Crippen MR) is 78.5 cm³/mol. The molecule has 0 unspecified atom stereocenters. The molecule has 1 aliphatic heterocycles. The number of amides is 1. The molecule has 1 amide bonds. The summed E-state index contributed by atoms with van der Waals surface area (Å²) in [4.78, 5) is 12.4. The topological polar surface area (TPSA) is 45.8 Å². The normalized spacial score (nSPS) is 16.9. The Morgan fingerprint density at radius 1 is 1.10 bits per heavy atom. The van der Waals surface area contributed by atoms with Gasteiger partial charge < -0.3 is 4.42 Å². The molecule has 1 aromatic heterocycles. The summed E-state index contributed by atoms with van der Waals surface area (Å²) in [6.45, 7) is 3.69. The minimum atomic E-state index is -0.136. The van der Waals surface area contributed by atoms with Crippen molar-refractivity contribution in [3.05, 3.63) is 59.6 Å². The van der Waals surface area contributed by atoms with Gasteiger partial charge in [-0.2, -0.15) is 10.1 Å². The first-order chi connectivity index (χ1) is 9.65. The lowest BCUT2D eigenvalue weighted by Crippen LogP contribution is -2.21. The maximum absolute atomic E-state index is 12.4. The number of aryl methyl sites for hydroxylation is 1. The molecule has 2 heterocycles. The number of carbonyl (C=O) groups excluding carboxylic acids is 1. The number of nitrogens with zero attached hydrogens (tertiary/aromatic N) is 2. The SMILES string of the molecule is CC1=NN(c2ccccc2)C(=O)/C1=C/c1ccc(C)o1. The first-order valence-electron chi connectivity index (χ1n) is 6.38. The highest BCUT2D eigenvalue weighted by Crippen LogP contribution is 2.24. The fourth-order valence-corrected chi connectivity index (χ4v) is 2.10. The van der Waals surface area contributed by atoms with Crippen LogP contribution < -0.4 is 5.01 Å². The zero-order valence-corrected chi connectivity index (χ0v) is 11.3. The van der Waals surface area contributed by atoms with Crippen LogP contribution in [-0.2, 0) is 4.79 Å². The summed E-state index contributed by atoms with van der Waals surface area (Å²) in [5.74, 6) is 1.34. The van der Waals surface area contributed by atoms with Crippen LogP contribution in [0.5, 0.6) is 0 Å². The van der Waals surface area contributed by atoms with E-state index in [1.54, 1.807) is 6.08 Å². The van der Waals surface area contributed by atoms with Gasteiger partial charge >= 0.3 is 0 Å². The number of hydrogen-bond donors (Lipinski definition) is 0. The zero-order chi connectivity index (χ0) is 14.1. The predicted octanol–water partition coefficient (Wildman–Crippen LogP) is 3.39. The van der Waals surface area contributed by atoms with E-state index >= 15 is 0 Å². The molecule has 1 aromatic carbocycles. The Labute approximate surface area is 117 Å². The second kappa shape index (κ2) is 4.81. The third-order valence-electron chi connectivity index (χ3n) is 3.11. The number of anilines is 1. The van der Waals surface area contributed by atoms with Crippen LogP contribution in [0, 0.1) is 6.92 Å². The Morgan fingerprint density at radius 3 is 2.50 bits per heavy atom. The van der Waals surface area contributed by atoms with Gasteiger partial charge in [-0.15, -0.1) is 0 Å². The van der Waals surface area contributed by atoms with Crippen molar-refractivity contribution >= 4 is 23.4 Å². The van der Waals surface area contributed by atoms with Crippen molar-refractivity contribution in [3.63, 3.8) is 0 Å². The molecule has 4 nitrogen and oxygen atoms in total. The summed E-state index contributed by atoms with van der Waals surface area (Å²) in [5.41, 5.74) is 2.01. The molecular weight excluding hydrogens is 252 g/mol. The smallest absolute Gasteiger partial charge is 0.280 e. The first kappa shape index (κ1) is 12.4. The van der Waals surface area contributed by atoms with E-state index in [0.717, 1.165) is 11.4 Å². The highest BCUT2D eigenvalue weighted by atomic mass is 16.3. The summed E-state index contributed by atoms with van der Waals surface area (Å²) in [5, 5.41) is 5.73. The molecule has 2 aromatic rings. The molecule has 4 heteroatoms. The van der Waals surface area contributed by atoms with E-state index in [-0.39, 0.29) is 5.91 Å². The second-order valence-corrected chi connectivity index (χ2v) is 4.64. The van der Waals surface area contributed by atoms with E-state index in [2.05, 4.69) is 5.10 Å². The number of rotatable bonds is 2. The van der Waals surface area contributed by atoms with Gasteiger partial charge in [-0.05, 0) is 44.2 Å². The van der Waals surface area contributed by atoms with Crippen LogP contribution in [0.15, 0.2) is 57.6 Å². The fourth-order valence-electron chi connectivity index (χ4n) is 2.10. The molecular formula is C16H14N2O2. The highest BCUT2D eigenvalue weighted by Gasteiger charge is 2.28. The Hall–Kier alpha value is -2.62. The van der Waals surface area contributed by atoms with E-state index in [0.29, 0.717) is 17.0 Å². The van der Waals surface area contributed by atoms with Gasteiger partial charge in [0.15, 0.2) is 0 Å². The molecule has 1 aliphatic rings. The molecule has 0 saturated carbocycles. The molecule has 0 saturated heterocycles. The first-order valence-corrected chi connectivity index (χ1v) is 6.38. The molecule has 100 valence electrons. The minimum Gasteiger partial charge on any atom is -0.462 e. The van der Waals surface area contributed by atoms with Crippen molar-refractivity contribution < 1.29 is 9.21 Å². The monoisotopic (exact) mass is 266 g/mol. The van der Waals surface area contributed by atoms with Crippen LogP contribution in [0.3, 0.4) is 0 Å². The molecule has 0 aliphatic carbocycles. The average molecular weight is 266 g/mol. The number of para-hydroxylation sites is 1. The largest absolute Gasteiger partial charge is 0.462 e. The van der Waals surface area contributed by atoms with Crippen molar-refractivity contribution in [2.75, 3.05) is 5.01 Å². The Kier molecular flexibility index (Phi) is 2.99. The Morgan fingerprint density at radius 2 is 1.85 bits per heavy atom. The van der Waals surface area contributed by atoms with Crippen LogP contribution in [0.4, 0.5) is 5.69 Å². The van der Waals surface area contributed by atoms with Crippen molar-refractivity contribution in [2.24, 2.45) is 5.10 Å². The van der Waals surface area contributed by atoms with Crippen LogP contribution >= 0.6 is 0 Å². The number of hydrazone groups is 1. The number of benzene rings is 1. The van der Waals surface area contributed by atoms with Gasteiger partial charge in [-0.1, -0.05) is 18.2 Å².